The second-order valence-electron chi connectivity index (χ2n) is 6.35. The maximum atomic E-state index is 12.0. The zero-order chi connectivity index (χ0) is 13.4. The second kappa shape index (κ2) is 4.53. The normalized spacial score (nSPS) is 23.5. The highest BCUT2D eigenvalue weighted by molar-refractivity contribution is 5.86. The summed E-state index contributed by atoms with van der Waals surface area (Å²) in [6, 6.07) is 0. The molecule has 0 aromatic rings. The van der Waals surface area contributed by atoms with Crippen LogP contribution in [0.15, 0.2) is 0 Å². The van der Waals surface area contributed by atoms with Gasteiger partial charge in [0.2, 0.25) is 0 Å². The molecule has 2 aliphatic rings. The van der Waals surface area contributed by atoms with Crippen LogP contribution in [0.5, 0.6) is 0 Å². The first kappa shape index (κ1) is 13.3. The highest BCUT2D eigenvalue weighted by Crippen LogP contribution is 2.40. The van der Waals surface area contributed by atoms with Crippen LogP contribution in [-0.2, 0) is 14.3 Å². The molecule has 1 amide bonds. The minimum Gasteiger partial charge on any atom is -0.444 e. The van der Waals surface area contributed by atoms with E-state index in [-0.39, 0.29) is 17.3 Å². The van der Waals surface area contributed by atoms with E-state index in [1.807, 2.05) is 20.8 Å². The van der Waals surface area contributed by atoms with Crippen molar-refractivity contribution in [2.75, 3.05) is 26.3 Å². The van der Waals surface area contributed by atoms with E-state index in [1.165, 1.54) is 0 Å². The van der Waals surface area contributed by atoms with Crippen LogP contribution in [0, 0.1) is 5.41 Å². The molecule has 0 bridgehead atoms. The van der Waals surface area contributed by atoms with E-state index in [0.717, 1.165) is 0 Å². The Labute approximate surface area is 107 Å². The molecule has 1 aliphatic carbocycles. The quantitative estimate of drug-likeness (QED) is 0.660. The van der Waals surface area contributed by atoms with Crippen LogP contribution < -0.4 is 0 Å². The number of ether oxygens (including phenoxy) is 2. The molecule has 18 heavy (non-hydrogen) atoms. The van der Waals surface area contributed by atoms with Gasteiger partial charge in [-0.15, -0.1) is 0 Å². The first-order valence-electron chi connectivity index (χ1n) is 6.37. The van der Waals surface area contributed by atoms with Crippen LogP contribution in [0.1, 0.15) is 33.6 Å². The van der Waals surface area contributed by atoms with Gasteiger partial charge in [-0.2, -0.15) is 0 Å². The third kappa shape index (κ3) is 3.02. The van der Waals surface area contributed by atoms with Gasteiger partial charge in [0, 0.05) is 31.3 Å². The van der Waals surface area contributed by atoms with Gasteiger partial charge in [0.25, 0.3) is 0 Å². The Morgan fingerprint density at radius 1 is 1.39 bits per heavy atom. The van der Waals surface area contributed by atoms with Crippen molar-refractivity contribution in [3.8, 4) is 0 Å². The Bertz CT molecular complexity index is 350. The molecule has 102 valence electrons. The largest absolute Gasteiger partial charge is 0.444 e. The standard InChI is InChI=1S/C13H21NO4/c1-12(2,3)18-11(16)14-4-5-17-9-13(8-14)6-10(15)7-13/h4-9H2,1-3H3. The summed E-state index contributed by atoms with van der Waals surface area (Å²) in [7, 11) is 0. The Balaban J connectivity index is 1.99. The molecule has 1 saturated carbocycles. The Hall–Kier alpha value is -1.10. The van der Waals surface area contributed by atoms with Crippen LogP contribution >= 0.6 is 0 Å². The lowest BCUT2D eigenvalue weighted by Crippen LogP contribution is -2.50. The van der Waals surface area contributed by atoms with Gasteiger partial charge in [0.1, 0.15) is 11.4 Å². The summed E-state index contributed by atoms with van der Waals surface area (Å²) < 4.78 is 10.9. The minimum atomic E-state index is -0.493. The van der Waals surface area contributed by atoms with Crippen molar-refractivity contribution < 1.29 is 19.1 Å². The van der Waals surface area contributed by atoms with Crippen molar-refractivity contribution in [3.05, 3.63) is 0 Å². The molecule has 1 saturated heterocycles. The fourth-order valence-electron chi connectivity index (χ4n) is 2.47. The lowest BCUT2D eigenvalue weighted by molar-refractivity contribution is -0.136. The second-order valence-corrected chi connectivity index (χ2v) is 6.35. The topological polar surface area (TPSA) is 55.8 Å². The van der Waals surface area contributed by atoms with Crippen molar-refractivity contribution in [2.45, 2.75) is 39.2 Å². The molecule has 0 aromatic heterocycles. The van der Waals surface area contributed by atoms with Crippen molar-refractivity contribution in [3.63, 3.8) is 0 Å². The number of ketones is 1. The molecule has 0 N–H and O–H groups in total. The fraction of sp³-hybridized carbons (Fsp3) is 0.846. The van der Waals surface area contributed by atoms with Gasteiger partial charge >= 0.3 is 6.09 Å². The van der Waals surface area contributed by atoms with E-state index in [2.05, 4.69) is 0 Å². The van der Waals surface area contributed by atoms with Crippen molar-refractivity contribution >= 4 is 11.9 Å². The third-order valence-corrected chi connectivity index (χ3v) is 3.24. The number of hydrogen-bond acceptors (Lipinski definition) is 4. The maximum absolute atomic E-state index is 12.0. The number of amides is 1. The average molecular weight is 255 g/mol. The molecular formula is C13H21NO4. The van der Waals surface area contributed by atoms with Gasteiger partial charge in [-0.25, -0.2) is 4.79 Å². The van der Waals surface area contributed by atoms with Crippen LogP contribution in [0.4, 0.5) is 4.79 Å². The average Bonchev–Trinajstić information content (AvgIpc) is 2.37. The van der Waals surface area contributed by atoms with Crippen LogP contribution in [-0.4, -0.2) is 48.7 Å². The fourth-order valence-corrected chi connectivity index (χ4v) is 2.47. The molecule has 1 spiro atoms. The summed E-state index contributed by atoms with van der Waals surface area (Å²) in [6.07, 6.45) is 0.727. The van der Waals surface area contributed by atoms with E-state index >= 15 is 0 Å². The van der Waals surface area contributed by atoms with E-state index in [9.17, 15) is 9.59 Å². The summed E-state index contributed by atoms with van der Waals surface area (Å²) >= 11 is 0. The Morgan fingerprint density at radius 3 is 2.61 bits per heavy atom. The number of Topliss-reactive ketones (excluding diaryl/α,β-unsaturated/α-hetero) is 1. The predicted molar refractivity (Wildman–Crippen MR) is 65.3 cm³/mol. The molecule has 5 heteroatoms. The Morgan fingerprint density at radius 2 is 2.06 bits per heavy atom. The molecule has 2 rings (SSSR count). The first-order chi connectivity index (χ1) is 8.30. The van der Waals surface area contributed by atoms with Gasteiger partial charge in [-0.3, -0.25) is 4.79 Å². The van der Waals surface area contributed by atoms with E-state index in [1.54, 1.807) is 4.90 Å². The van der Waals surface area contributed by atoms with Crippen molar-refractivity contribution in [1.29, 1.82) is 0 Å². The van der Waals surface area contributed by atoms with Gasteiger partial charge in [0.15, 0.2) is 0 Å². The van der Waals surface area contributed by atoms with Gasteiger partial charge in [-0.1, -0.05) is 0 Å². The molecule has 0 unspecified atom stereocenters. The summed E-state index contributed by atoms with van der Waals surface area (Å²) in [5, 5.41) is 0. The van der Waals surface area contributed by atoms with Gasteiger partial charge < -0.3 is 14.4 Å². The number of carbonyl (C=O) groups is 2. The van der Waals surface area contributed by atoms with Crippen LogP contribution in [0.2, 0.25) is 0 Å². The lowest BCUT2D eigenvalue weighted by Gasteiger charge is -2.41. The summed E-state index contributed by atoms with van der Waals surface area (Å²) in [5.41, 5.74) is -0.655. The molecular weight excluding hydrogens is 234 g/mol. The van der Waals surface area contributed by atoms with E-state index < -0.39 is 5.60 Å². The third-order valence-electron chi connectivity index (χ3n) is 3.24. The van der Waals surface area contributed by atoms with Crippen molar-refractivity contribution in [1.82, 2.24) is 4.90 Å². The number of rotatable bonds is 0. The predicted octanol–water partition coefficient (Wildman–Crippen LogP) is 1.60. The highest BCUT2D eigenvalue weighted by atomic mass is 16.6. The molecule has 0 aromatic carbocycles. The lowest BCUT2D eigenvalue weighted by atomic mass is 9.68. The summed E-state index contributed by atoms with van der Waals surface area (Å²) in [4.78, 5) is 24.9. The highest BCUT2D eigenvalue weighted by Gasteiger charge is 2.47. The molecule has 1 aliphatic heterocycles. The van der Waals surface area contributed by atoms with Crippen LogP contribution in [0.3, 0.4) is 0 Å². The molecule has 5 nitrogen and oxygen atoms in total. The SMILES string of the molecule is CC(C)(C)OC(=O)N1CCOCC2(CC(=O)C2)C1. The van der Waals surface area contributed by atoms with E-state index in [4.69, 9.17) is 9.47 Å². The monoisotopic (exact) mass is 255 g/mol. The van der Waals surface area contributed by atoms with Crippen molar-refractivity contribution in [2.24, 2.45) is 5.41 Å². The zero-order valence-corrected chi connectivity index (χ0v) is 11.3. The maximum Gasteiger partial charge on any atom is 0.410 e. The minimum absolute atomic E-state index is 0.162. The number of nitrogens with zero attached hydrogens (tertiary/aromatic N) is 1. The van der Waals surface area contributed by atoms with Crippen LogP contribution in [0.25, 0.3) is 0 Å². The van der Waals surface area contributed by atoms with Gasteiger partial charge in [-0.05, 0) is 20.8 Å². The first-order valence-corrected chi connectivity index (χ1v) is 6.37. The molecule has 0 atom stereocenters. The molecule has 2 fully saturated rings. The van der Waals surface area contributed by atoms with E-state index in [0.29, 0.717) is 39.1 Å². The summed E-state index contributed by atoms with van der Waals surface area (Å²) in [6.45, 7) is 7.72. The Kier molecular flexibility index (Phi) is 3.36. The number of hydrogen-bond donors (Lipinski definition) is 0. The van der Waals surface area contributed by atoms with Gasteiger partial charge in [0.05, 0.1) is 13.2 Å². The smallest absolute Gasteiger partial charge is 0.410 e. The molecule has 0 radical (unpaired) electrons. The zero-order valence-electron chi connectivity index (χ0n) is 11.3. The molecule has 1 heterocycles. The summed E-state index contributed by atoms with van der Waals surface area (Å²) in [5.74, 6) is 0.254. The number of carbonyl (C=O) groups excluding carboxylic acids is 2.